The summed E-state index contributed by atoms with van der Waals surface area (Å²) in [5.41, 5.74) is -2.99. The zero-order chi connectivity index (χ0) is 19.7. The zero-order valence-corrected chi connectivity index (χ0v) is 13.1. The third kappa shape index (κ3) is 2.31. The molecule has 1 unspecified atom stereocenters. The Hall–Kier alpha value is -2.79. The number of carbonyl (C=O) groups excluding carboxylic acids is 2. The molecule has 12 heteroatoms. The van der Waals surface area contributed by atoms with Gasteiger partial charge in [0.25, 0.3) is 11.6 Å². The van der Waals surface area contributed by atoms with Crippen LogP contribution in [-0.2, 0) is 15.3 Å². The first kappa shape index (κ1) is 18.0. The largest absolute Gasteiger partial charge is 0.471 e. The Morgan fingerprint density at radius 3 is 2.27 bits per heavy atom. The van der Waals surface area contributed by atoms with E-state index in [0.717, 1.165) is 5.32 Å². The predicted octanol–water partition coefficient (Wildman–Crippen LogP) is 2.50. The van der Waals surface area contributed by atoms with Crippen molar-refractivity contribution in [3.05, 3.63) is 23.3 Å². The first-order valence-corrected chi connectivity index (χ1v) is 7.06. The minimum atomic E-state index is -5.62. The molecule has 0 fully saturated rings. The van der Waals surface area contributed by atoms with Crippen molar-refractivity contribution in [3.8, 4) is 0 Å². The molecule has 1 atom stereocenters. The second kappa shape index (κ2) is 5.11. The SMILES string of the molecule is Cc1cc2nc3n(c2cc1C)C(NC(=O)C(F)(F)F)(C(F)(F)F)C(=O)N3. The molecule has 1 aromatic heterocycles. The van der Waals surface area contributed by atoms with Gasteiger partial charge in [-0.05, 0) is 37.1 Å². The van der Waals surface area contributed by atoms with E-state index < -0.39 is 35.8 Å². The molecule has 3 rings (SSSR count). The van der Waals surface area contributed by atoms with E-state index in [1.807, 2.05) is 0 Å². The van der Waals surface area contributed by atoms with Crippen molar-refractivity contribution in [2.75, 3.05) is 5.32 Å². The van der Waals surface area contributed by atoms with Crippen LogP contribution in [0.4, 0.5) is 32.3 Å². The number of alkyl halides is 6. The van der Waals surface area contributed by atoms with Gasteiger partial charge in [0.2, 0.25) is 5.95 Å². The summed E-state index contributed by atoms with van der Waals surface area (Å²) < 4.78 is 79.4. The minimum Gasteiger partial charge on any atom is -0.309 e. The lowest BCUT2D eigenvalue weighted by molar-refractivity contribution is -0.225. The molecule has 2 amide bonds. The average molecular weight is 380 g/mol. The van der Waals surface area contributed by atoms with Crippen molar-refractivity contribution < 1.29 is 35.9 Å². The molecule has 140 valence electrons. The number of nitrogens with zero attached hydrogens (tertiary/aromatic N) is 2. The summed E-state index contributed by atoms with van der Waals surface area (Å²) in [7, 11) is 0. The van der Waals surface area contributed by atoms with E-state index in [1.165, 1.54) is 12.1 Å². The fourth-order valence-corrected chi connectivity index (χ4v) is 2.72. The van der Waals surface area contributed by atoms with Gasteiger partial charge in [-0.15, -0.1) is 0 Å². The molecule has 0 aliphatic carbocycles. The van der Waals surface area contributed by atoms with Crippen LogP contribution >= 0.6 is 0 Å². The fraction of sp³-hybridized carbons (Fsp3) is 0.357. The third-order valence-electron chi connectivity index (χ3n) is 4.12. The van der Waals surface area contributed by atoms with Crippen molar-refractivity contribution in [1.29, 1.82) is 0 Å². The van der Waals surface area contributed by atoms with Crippen molar-refractivity contribution in [2.45, 2.75) is 31.9 Å². The van der Waals surface area contributed by atoms with E-state index >= 15 is 0 Å². The number of halogens is 6. The quantitative estimate of drug-likeness (QED) is 0.747. The van der Waals surface area contributed by atoms with E-state index in [9.17, 15) is 35.9 Å². The normalized spacial score (nSPS) is 20.2. The molecule has 0 saturated heterocycles. The molecule has 2 N–H and O–H groups in total. The maximum absolute atomic E-state index is 13.8. The molecule has 0 bridgehead atoms. The molecule has 1 aromatic carbocycles. The van der Waals surface area contributed by atoms with Crippen LogP contribution in [0.3, 0.4) is 0 Å². The minimum absolute atomic E-state index is 0.0259. The Balaban J connectivity index is 2.32. The first-order chi connectivity index (χ1) is 11.8. The van der Waals surface area contributed by atoms with Gasteiger partial charge < -0.3 is 5.32 Å². The monoisotopic (exact) mass is 380 g/mol. The van der Waals surface area contributed by atoms with Gasteiger partial charge in [-0.25, -0.2) is 4.98 Å². The lowest BCUT2D eigenvalue weighted by atomic mass is 10.1. The smallest absolute Gasteiger partial charge is 0.309 e. The van der Waals surface area contributed by atoms with Crippen LogP contribution in [-0.4, -0.2) is 33.7 Å². The molecule has 2 heterocycles. The van der Waals surface area contributed by atoms with Gasteiger partial charge in [0.15, 0.2) is 0 Å². The summed E-state index contributed by atoms with van der Waals surface area (Å²) in [6, 6.07) is 2.68. The fourth-order valence-electron chi connectivity index (χ4n) is 2.72. The number of imidazole rings is 1. The number of anilines is 1. The summed E-state index contributed by atoms with van der Waals surface area (Å²) in [5, 5.41) is 2.60. The van der Waals surface area contributed by atoms with Gasteiger partial charge in [-0.1, -0.05) is 0 Å². The molecular formula is C14H10F6N4O2. The number of rotatable bonds is 1. The van der Waals surface area contributed by atoms with E-state index in [-0.39, 0.29) is 15.6 Å². The molecule has 1 aliphatic rings. The number of carbonyl (C=O) groups is 2. The highest BCUT2D eigenvalue weighted by Gasteiger charge is 2.69. The van der Waals surface area contributed by atoms with Gasteiger partial charge in [0, 0.05) is 0 Å². The Morgan fingerprint density at radius 1 is 1.15 bits per heavy atom. The highest BCUT2D eigenvalue weighted by Crippen LogP contribution is 2.44. The summed E-state index contributed by atoms with van der Waals surface area (Å²) in [6.45, 7) is 3.24. The lowest BCUT2D eigenvalue weighted by Gasteiger charge is -2.32. The Morgan fingerprint density at radius 2 is 1.73 bits per heavy atom. The summed E-state index contributed by atoms with van der Waals surface area (Å²) in [6.07, 6.45) is -11.2. The number of hydrogen-bond acceptors (Lipinski definition) is 3. The Labute approximate surface area is 141 Å². The molecule has 1 aliphatic heterocycles. The van der Waals surface area contributed by atoms with Crippen LogP contribution < -0.4 is 10.6 Å². The number of nitrogens with one attached hydrogen (secondary N) is 2. The van der Waals surface area contributed by atoms with Crippen LogP contribution in [0.15, 0.2) is 12.1 Å². The second-order valence-corrected chi connectivity index (χ2v) is 5.81. The number of benzene rings is 1. The van der Waals surface area contributed by atoms with Crippen molar-refractivity contribution in [3.63, 3.8) is 0 Å². The standard InChI is InChI=1S/C14H10F6N4O2/c1-5-3-7-8(4-6(5)2)24-11(21-7)22-9(25)12(24,14(18,19)20)23-10(26)13(15,16)17/h3-4H,1-2H3,(H,23,26)(H,21,22,25). The Bertz CT molecular complexity index is 946. The lowest BCUT2D eigenvalue weighted by Crippen LogP contribution is -2.65. The van der Waals surface area contributed by atoms with E-state index in [4.69, 9.17) is 0 Å². The maximum Gasteiger partial charge on any atom is 0.471 e. The molecule has 6 nitrogen and oxygen atoms in total. The van der Waals surface area contributed by atoms with Crippen LogP contribution in [0.5, 0.6) is 0 Å². The van der Waals surface area contributed by atoms with Crippen molar-refractivity contribution in [2.24, 2.45) is 0 Å². The maximum atomic E-state index is 13.8. The first-order valence-electron chi connectivity index (χ1n) is 7.06. The zero-order valence-electron chi connectivity index (χ0n) is 13.1. The third-order valence-corrected chi connectivity index (χ3v) is 4.12. The van der Waals surface area contributed by atoms with Gasteiger partial charge in [0.05, 0.1) is 11.0 Å². The summed E-state index contributed by atoms with van der Waals surface area (Å²) in [5.74, 6) is -5.40. The molecule has 2 aromatic rings. The predicted molar refractivity (Wildman–Crippen MR) is 76.1 cm³/mol. The number of aryl methyl sites for hydroxylation is 2. The van der Waals surface area contributed by atoms with Gasteiger partial charge in [-0.2, -0.15) is 26.3 Å². The topological polar surface area (TPSA) is 76.0 Å². The van der Waals surface area contributed by atoms with Crippen LogP contribution in [0, 0.1) is 13.8 Å². The van der Waals surface area contributed by atoms with Gasteiger partial charge >= 0.3 is 18.3 Å². The van der Waals surface area contributed by atoms with Gasteiger partial charge in [-0.3, -0.25) is 19.5 Å². The molecule has 0 spiro atoms. The van der Waals surface area contributed by atoms with Crippen LogP contribution in [0.2, 0.25) is 0 Å². The van der Waals surface area contributed by atoms with Crippen molar-refractivity contribution >= 4 is 28.8 Å². The highest BCUT2D eigenvalue weighted by atomic mass is 19.4. The number of aromatic nitrogens is 2. The molecule has 0 saturated carbocycles. The second-order valence-electron chi connectivity index (χ2n) is 5.81. The van der Waals surface area contributed by atoms with E-state index in [0.29, 0.717) is 11.1 Å². The van der Waals surface area contributed by atoms with Crippen LogP contribution in [0.25, 0.3) is 11.0 Å². The Kier molecular flexibility index (Phi) is 3.54. The van der Waals surface area contributed by atoms with Gasteiger partial charge in [0.1, 0.15) is 0 Å². The molecule has 0 radical (unpaired) electrons. The van der Waals surface area contributed by atoms with E-state index in [1.54, 1.807) is 19.2 Å². The highest BCUT2D eigenvalue weighted by molar-refractivity contribution is 6.05. The summed E-state index contributed by atoms with van der Waals surface area (Å²) in [4.78, 5) is 27.1. The summed E-state index contributed by atoms with van der Waals surface area (Å²) >= 11 is 0. The molecule has 26 heavy (non-hydrogen) atoms. The molecular weight excluding hydrogens is 370 g/mol. The number of amides is 2. The van der Waals surface area contributed by atoms with Crippen LogP contribution in [0.1, 0.15) is 11.1 Å². The number of hydrogen-bond donors (Lipinski definition) is 2. The van der Waals surface area contributed by atoms with Crippen molar-refractivity contribution in [1.82, 2.24) is 14.9 Å². The average Bonchev–Trinajstić information content (AvgIpc) is 2.93. The van der Waals surface area contributed by atoms with E-state index in [2.05, 4.69) is 4.98 Å². The number of fused-ring (bicyclic) bond motifs is 3.